The van der Waals surface area contributed by atoms with Gasteiger partial charge in [0.25, 0.3) is 0 Å². The number of carbonyl (C=O) groups excluding carboxylic acids is 2. The molecule has 21 heavy (non-hydrogen) atoms. The molecule has 2 rings (SSSR count). The Balaban J connectivity index is 2.44. The minimum atomic E-state index is -0.705. The normalized spacial score (nSPS) is 10.2. The summed E-state index contributed by atoms with van der Waals surface area (Å²) in [6.45, 7) is 1.82. The lowest BCUT2D eigenvalue weighted by molar-refractivity contribution is 0.0817. The Hall–Kier alpha value is -2.82. The van der Waals surface area contributed by atoms with Crippen LogP contribution in [0.1, 0.15) is 26.3 Å². The molecule has 0 spiro atoms. The molecule has 0 unspecified atom stereocenters. The van der Waals surface area contributed by atoms with Crippen LogP contribution in [0.15, 0.2) is 36.4 Å². The zero-order chi connectivity index (χ0) is 15.6. The Morgan fingerprint density at radius 1 is 0.905 bits per heavy atom. The summed E-state index contributed by atoms with van der Waals surface area (Å²) < 4.78 is 5.04. The van der Waals surface area contributed by atoms with Crippen molar-refractivity contribution >= 4 is 22.9 Å². The van der Waals surface area contributed by atoms with Gasteiger partial charge < -0.3 is 16.2 Å². The van der Waals surface area contributed by atoms with Crippen molar-refractivity contribution in [2.24, 2.45) is 0 Å². The lowest BCUT2D eigenvalue weighted by Crippen LogP contribution is -2.18. The number of nitrogens with two attached hydrogens (primary N) is 2. The Labute approximate surface area is 122 Å². The molecule has 0 amide bonds. The fourth-order valence-corrected chi connectivity index (χ4v) is 1.97. The molecule has 4 N–H and O–H groups in total. The second kappa shape index (κ2) is 5.66. The first-order valence-electron chi connectivity index (χ1n) is 6.32. The number of benzene rings is 2. The number of aryl methyl sites for hydroxylation is 1. The molecule has 108 valence electrons. The first-order valence-corrected chi connectivity index (χ1v) is 6.32. The zero-order valence-electron chi connectivity index (χ0n) is 11.8. The molecule has 0 radical (unpaired) electrons. The van der Waals surface area contributed by atoms with Gasteiger partial charge in [-0.15, -0.1) is 0 Å². The van der Waals surface area contributed by atoms with Crippen LogP contribution in [0.4, 0.5) is 11.4 Å². The van der Waals surface area contributed by atoms with Crippen LogP contribution in [0.3, 0.4) is 0 Å². The van der Waals surface area contributed by atoms with Crippen LogP contribution < -0.4 is 16.2 Å². The maximum atomic E-state index is 12.4. The second-order valence-electron chi connectivity index (χ2n) is 4.70. The summed E-state index contributed by atoms with van der Waals surface area (Å²) in [6, 6.07) is 9.56. The molecule has 0 aliphatic carbocycles. The number of methoxy groups -OCH3 is 1. The van der Waals surface area contributed by atoms with E-state index in [1.54, 1.807) is 24.3 Å². The van der Waals surface area contributed by atoms with Crippen LogP contribution in [-0.4, -0.2) is 18.7 Å². The molecule has 0 atom stereocenters. The number of ketones is 2. The molecule has 0 saturated carbocycles. The van der Waals surface area contributed by atoms with Crippen LogP contribution in [0.25, 0.3) is 0 Å². The minimum absolute atomic E-state index is 0.111. The quantitative estimate of drug-likeness (QED) is 0.510. The molecular weight excluding hydrogens is 268 g/mol. The minimum Gasteiger partial charge on any atom is -0.497 e. The number of hydrogen-bond acceptors (Lipinski definition) is 5. The van der Waals surface area contributed by atoms with Crippen molar-refractivity contribution < 1.29 is 14.3 Å². The van der Waals surface area contributed by atoms with E-state index in [-0.39, 0.29) is 22.5 Å². The van der Waals surface area contributed by atoms with E-state index < -0.39 is 11.6 Å². The van der Waals surface area contributed by atoms with E-state index in [4.69, 9.17) is 16.2 Å². The van der Waals surface area contributed by atoms with Crippen LogP contribution >= 0.6 is 0 Å². The fourth-order valence-electron chi connectivity index (χ4n) is 1.97. The average Bonchev–Trinajstić information content (AvgIpc) is 2.49. The first-order chi connectivity index (χ1) is 9.93. The van der Waals surface area contributed by atoms with Gasteiger partial charge in [-0.25, -0.2) is 0 Å². The largest absolute Gasteiger partial charge is 0.497 e. The lowest BCUT2D eigenvalue weighted by atomic mass is 9.97. The third kappa shape index (κ3) is 2.86. The van der Waals surface area contributed by atoms with E-state index in [0.717, 1.165) is 5.56 Å². The highest BCUT2D eigenvalue weighted by molar-refractivity contribution is 6.51. The van der Waals surface area contributed by atoms with Gasteiger partial charge in [-0.2, -0.15) is 0 Å². The number of nitrogen functional groups attached to an aromatic ring is 2. The van der Waals surface area contributed by atoms with Gasteiger partial charge in [-0.1, -0.05) is 11.6 Å². The lowest BCUT2D eigenvalue weighted by Gasteiger charge is -2.08. The summed E-state index contributed by atoms with van der Waals surface area (Å²) in [6.07, 6.45) is 0. The summed E-state index contributed by atoms with van der Waals surface area (Å²) in [7, 11) is 1.47. The molecule has 0 heterocycles. The highest BCUT2D eigenvalue weighted by Gasteiger charge is 2.23. The Morgan fingerprint density at radius 2 is 1.43 bits per heavy atom. The third-order valence-electron chi connectivity index (χ3n) is 3.16. The van der Waals surface area contributed by atoms with Gasteiger partial charge in [-0.05, 0) is 37.3 Å². The van der Waals surface area contributed by atoms with E-state index in [9.17, 15) is 9.59 Å². The SMILES string of the molecule is COc1ccc(N)c(C(=O)C(=O)c2cc(C)ccc2N)c1. The van der Waals surface area contributed by atoms with Gasteiger partial charge in [0.2, 0.25) is 11.6 Å². The van der Waals surface area contributed by atoms with Crippen molar-refractivity contribution in [3.63, 3.8) is 0 Å². The van der Waals surface area contributed by atoms with E-state index in [1.807, 2.05) is 6.92 Å². The highest BCUT2D eigenvalue weighted by Crippen LogP contribution is 2.23. The van der Waals surface area contributed by atoms with Gasteiger partial charge in [0.05, 0.1) is 12.7 Å². The summed E-state index contributed by atoms with van der Waals surface area (Å²) in [5.41, 5.74) is 13.2. The van der Waals surface area contributed by atoms with Crippen LogP contribution in [0.5, 0.6) is 5.75 Å². The van der Waals surface area contributed by atoms with Gasteiger partial charge in [-0.3, -0.25) is 9.59 Å². The number of hydrogen-bond donors (Lipinski definition) is 2. The van der Waals surface area contributed by atoms with Crippen molar-refractivity contribution in [2.45, 2.75) is 6.92 Å². The molecule has 0 aliphatic heterocycles. The molecule has 0 aliphatic rings. The van der Waals surface area contributed by atoms with Gasteiger partial charge in [0.15, 0.2) is 0 Å². The number of Topliss-reactive ketones (excluding diaryl/α,β-unsaturated/α-hetero) is 2. The predicted molar refractivity (Wildman–Crippen MR) is 81.7 cm³/mol. The molecule has 0 bridgehead atoms. The van der Waals surface area contributed by atoms with E-state index in [1.165, 1.54) is 19.2 Å². The Morgan fingerprint density at radius 3 is 2.00 bits per heavy atom. The Bertz CT molecular complexity index is 723. The topological polar surface area (TPSA) is 95.4 Å². The number of rotatable bonds is 4. The monoisotopic (exact) mass is 284 g/mol. The summed E-state index contributed by atoms with van der Waals surface area (Å²) in [5, 5.41) is 0. The summed E-state index contributed by atoms with van der Waals surface area (Å²) in [5.74, 6) is -0.933. The standard InChI is InChI=1S/C16H16N2O3/c1-9-3-5-13(17)11(7-9)15(19)16(20)12-8-10(21-2)4-6-14(12)18/h3-8H,17-18H2,1-2H3. The van der Waals surface area contributed by atoms with Crippen molar-refractivity contribution in [1.82, 2.24) is 0 Å². The van der Waals surface area contributed by atoms with Gasteiger partial charge in [0.1, 0.15) is 5.75 Å². The first kappa shape index (κ1) is 14.6. The van der Waals surface area contributed by atoms with E-state index in [2.05, 4.69) is 0 Å². The molecule has 0 fully saturated rings. The maximum Gasteiger partial charge on any atom is 0.235 e. The maximum absolute atomic E-state index is 12.4. The molecule has 2 aromatic rings. The van der Waals surface area contributed by atoms with Crippen LogP contribution in [0, 0.1) is 6.92 Å². The smallest absolute Gasteiger partial charge is 0.235 e. The summed E-state index contributed by atoms with van der Waals surface area (Å²) in [4.78, 5) is 24.7. The third-order valence-corrected chi connectivity index (χ3v) is 3.16. The molecular formula is C16H16N2O3. The van der Waals surface area contributed by atoms with Crippen molar-refractivity contribution in [3.8, 4) is 5.75 Å². The van der Waals surface area contributed by atoms with Crippen molar-refractivity contribution in [1.29, 1.82) is 0 Å². The Kier molecular flexibility index (Phi) is 3.93. The van der Waals surface area contributed by atoms with Crippen molar-refractivity contribution in [2.75, 3.05) is 18.6 Å². The summed E-state index contributed by atoms with van der Waals surface area (Å²) >= 11 is 0. The molecule has 5 heteroatoms. The molecule has 0 saturated heterocycles. The predicted octanol–water partition coefficient (Wildman–Crippen LogP) is 2.23. The fraction of sp³-hybridized carbons (Fsp3) is 0.125. The van der Waals surface area contributed by atoms with Gasteiger partial charge in [0, 0.05) is 16.9 Å². The molecule has 0 aromatic heterocycles. The highest BCUT2D eigenvalue weighted by atomic mass is 16.5. The number of carbonyl (C=O) groups is 2. The number of anilines is 2. The van der Waals surface area contributed by atoms with Crippen LogP contribution in [-0.2, 0) is 0 Å². The van der Waals surface area contributed by atoms with E-state index >= 15 is 0 Å². The van der Waals surface area contributed by atoms with Crippen molar-refractivity contribution in [3.05, 3.63) is 53.1 Å². The molecule has 2 aromatic carbocycles. The second-order valence-corrected chi connectivity index (χ2v) is 4.70. The van der Waals surface area contributed by atoms with Crippen LogP contribution in [0.2, 0.25) is 0 Å². The molecule has 5 nitrogen and oxygen atoms in total. The average molecular weight is 284 g/mol. The van der Waals surface area contributed by atoms with E-state index in [0.29, 0.717) is 5.75 Å². The van der Waals surface area contributed by atoms with Gasteiger partial charge >= 0.3 is 0 Å². The zero-order valence-corrected chi connectivity index (χ0v) is 11.8. The number of ether oxygens (including phenoxy) is 1.